The van der Waals surface area contributed by atoms with Gasteiger partial charge in [-0.2, -0.15) is 4.31 Å². The third-order valence-corrected chi connectivity index (χ3v) is 8.66. The van der Waals surface area contributed by atoms with Gasteiger partial charge in [0.15, 0.2) is 0 Å². The molecule has 2 heterocycles. The normalized spacial score (nSPS) is 16.3. The highest BCUT2D eigenvalue weighted by atomic mass is 35.5. The smallest absolute Gasteiger partial charge is 0.244 e. The summed E-state index contributed by atoms with van der Waals surface area (Å²) >= 11 is 13.7. The van der Waals surface area contributed by atoms with Gasteiger partial charge in [-0.25, -0.2) is 8.42 Å². The Labute approximate surface area is 179 Å². The molecule has 1 aromatic heterocycles. The second-order valence-electron chi connectivity index (χ2n) is 6.97. The number of carbonyl (C=O) groups excluding carboxylic acids is 1. The van der Waals surface area contributed by atoms with E-state index in [2.05, 4.69) is 0 Å². The van der Waals surface area contributed by atoms with E-state index in [1.807, 2.05) is 18.4 Å². The number of aryl methyl sites for hydroxylation is 1. The van der Waals surface area contributed by atoms with Crippen LogP contribution in [0, 0.1) is 12.8 Å². The van der Waals surface area contributed by atoms with Crippen molar-refractivity contribution in [1.29, 1.82) is 0 Å². The van der Waals surface area contributed by atoms with E-state index in [9.17, 15) is 13.2 Å². The van der Waals surface area contributed by atoms with Crippen LogP contribution in [-0.4, -0.2) is 43.7 Å². The summed E-state index contributed by atoms with van der Waals surface area (Å²) in [6.45, 7) is 3.19. The van der Waals surface area contributed by atoms with E-state index >= 15 is 0 Å². The van der Waals surface area contributed by atoms with Crippen molar-refractivity contribution in [3.63, 3.8) is 0 Å². The number of benzene rings is 1. The average molecular weight is 461 g/mol. The molecule has 1 aliphatic rings. The number of carbonyl (C=O) groups is 1. The van der Waals surface area contributed by atoms with Crippen molar-refractivity contribution in [3.8, 4) is 0 Å². The molecule has 1 aliphatic heterocycles. The standard InChI is InChI=1S/C19H22Cl2N2O3S2/c1-13-7-10-27-17(13)12-22(2)19(24)14-5-8-23(9-6-14)28(25,26)18-11-15(20)3-4-16(18)21/h3-4,7,10-11,14H,5-6,8-9,12H2,1-2H3. The van der Waals surface area contributed by atoms with E-state index in [1.54, 1.807) is 29.4 Å². The van der Waals surface area contributed by atoms with Crippen molar-refractivity contribution in [2.45, 2.75) is 31.2 Å². The van der Waals surface area contributed by atoms with Crippen molar-refractivity contribution in [1.82, 2.24) is 9.21 Å². The molecule has 9 heteroatoms. The lowest BCUT2D eigenvalue weighted by Gasteiger charge is -2.32. The van der Waals surface area contributed by atoms with Crippen LogP contribution in [-0.2, 0) is 21.4 Å². The van der Waals surface area contributed by atoms with Crippen LogP contribution >= 0.6 is 34.5 Å². The van der Waals surface area contributed by atoms with Crippen LogP contribution in [0.15, 0.2) is 34.5 Å². The first-order chi connectivity index (χ1) is 13.2. The molecular formula is C19H22Cl2N2O3S2. The fourth-order valence-corrected chi connectivity index (χ4v) is 6.49. The lowest BCUT2D eigenvalue weighted by molar-refractivity contribution is -0.135. The predicted molar refractivity (Wildman–Crippen MR) is 113 cm³/mol. The molecule has 2 aromatic rings. The van der Waals surface area contributed by atoms with Gasteiger partial charge < -0.3 is 4.90 Å². The van der Waals surface area contributed by atoms with E-state index in [4.69, 9.17) is 23.2 Å². The number of piperidine rings is 1. The third kappa shape index (κ3) is 4.54. The number of hydrogen-bond donors (Lipinski definition) is 0. The number of amides is 1. The summed E-state index contributed by atoms with van der Waals surface area (Å²) in [5.41, 5.74) is 1.18. The van der Waals surface area contributed by atoms with Gasteiger partial charge in [0.2, 0.25) is 15.9 Å². The van der Waals surface area contributed by atoms with Crippen LogP contribution in [0.5, 0.6) is 0 Å². The van der Waals surface area contributed by atoms with Crippen LogP contribution < -0.4 is 0 Å². The molecule has 0 atom stereocenters. The zero-order valence-electron chi connectivity index (χ0n) is 15.7. The van der Waals surface area contributed by atoms with Gasteiger partial charge in [-0.1, -0.05) is 23.2 Å². The molecule has 0 N–H and O–H groups in total. The number of thiophene rings is 1. The van der Waals surface area contributed by atoms with Crippen molar-refractivity contribution in [2.24, 2.45) is 5.92 Å². The van der Waals surface area contributed by atoms with Crippen LogP contribution in [0.1, 0.15) is 23.3 Å². The van der Waals surface area contributed by atoms with Gasteiger partial charge in [0.1, 0.15) is 4.90 Å². The largest absolute Gasteiger partial charge is 0.340 e. The topological polar surface area (TPSA) is 57.7 Å². The summed E-state index contributed by atoms with van der Waals surface area (Å²) in [7, 11) is -1.94. The number of nitrogens with zero attached hydrogens (tertiary/aromatic N) is 2. The second-order valence-corrected chi connectivity index (χ2v) is 10.7. The minimum absolute atomic E-state index is 0.0109. The van der Waals surface area contributed by atoms with Gasteiger partial charge in [-0.3, -0.25) is 4.79 Å². The second kappa shape index (κ2) is 8.71. The maximum Gasteiger partial charge on any atom is 0.244 e. The fraction of sp³-hybridized carbons (Fsp3) is 0.421. The van der Waals surface area contributed by atoms with Crippen molar-refractivity contribution >= 4 is 50.5 Å². The maximum absolute atomic E-state index is 12.9. The van der Waals surface area contributed by atoms with Crippen LogP contribution in [0.25, 0.3) is 0 Å². The first-order valence-corrected chi connectivity index (χ1v) is 12.0. The van der Waals surface area contributed by atoms with Crippen LogP contribution in [0.2, 0.25) is 10.0 Å². The van der Waals surface area contributed by atoms with Crippen molar-refractivity contribution in [2.75, 3.05) is 20.1 Å². The monoisotopic (exact) mass is 460 g/mol. The lowest BCUT2D eigenvalue weighted by atomic mass is 9.96. The molecule has 1 amide bonds. The molecule has 1 fully saturated rings. The molecular weight excluding hydrogens is 439 g/mol. The Balaban J connectivity index is 1.64. The Hall–Kier alpha value is -1.12. The quantitative estimate of drug-likeness (QED) is 0.662. The molecule has 0 saturated carbocycles. The molecule has 0 spiro atoms. The molecule has 0 aliphatic carbocycles. The first kappa shape index (κ1) is 21.6. The summed E-state index contributed by atoms with van der Waals surface area (Å²) in [6, 6.07) is 6.45. The molecule has 152 valence electrons. The van der Waals surface area contributed by atoms with Crippen LogP contribution in [0.3, 0.4) is 0 Å². The molecule has 0 bridgehead atoms. The highest BCUT2D eigenvalue weighted by Gasteiger charge is 2.34. The lowest BCUT2D eigenvalue weighted by Crippen LogP contribution is -2.43. The number of hydrogen-bond acceptors (Lipinski definition) is 4. The van der Waals surface area contributed by atoms with Gasteiger partial charge in [0, 0.05) is 36.0 Å². The summed E-state index contributed by atoms with van der Waals surface area (Å²) in [5, 5.41) is 2.49. The molecule has 0 unspecified atom stereocenters. The van der Waals surface area contributed by atoms with E-state index in [0.29, 0.717) is 24.4 Å². The van der Waals surface area contributed by atoms with E-state index < -0.39 is 10.0 Å². The average Bonchev–Trinajstić information content (AvgIpc) is 3.07. The van der Waals surface area contributed by atoms with Gasteiger partial charge >= 0.3 is 0 Å². The Kier molecular flexibility index (Phi) is 6.72. The van der Waals surface area contributed by atoms with Crippen LogP contribution in [0.4, 0.5) is 0 Å². The Morgan fingerprint density at radius 2 is 1.93 bits per heavy atom. The highest BCUT2D eigenvalue weighted by molar-refractivity contribution is 7.89. The summed E-state index contributed by atoms with van der Waals surface area (Å²) in [4.78, 5) is 15.7. The van der Waals surface area contributed by atoms with Crippen molar-refractivity contribution < 1.29 is 13.2 Å². The van der Waals surface area contributed by atoms with Crippen molar-refractivity contribution in [3.05, 3.63) is 50.1 Å². The summed E-state index contributed by atoms with van der Waals surface area (Å²) < 4.78 is 27.2. The zero-order chi connectivity index (χ0) is 20.5. The summed E-state index contributed by atoms with van der Waals surface area (Å²) in [6.07, 6.45) is 0.980. The number of rotatable bonds is 5. The fourth-order valence-electron chi connectivity index (χ4n) is 3.33. The molecule has 1 aromatic carbocycles. The zero-order valence-corrected chi connectivity index (χ0v) is 18.8. The SMILES string of the molecule is Cc1ccsc1CN(C)C(=O)C1CCN(S(=O)(=O)c2cc(Cl)ccc2Cl)CC1. The van der Waals surface area contributed by atoms with Gasteiger partial charge in [0.25, 0.3) is 0 Å². The maximum atomic E-state index is 12.9. The third-order valence-electron chi connectivity index (χ3n) is 5.04. The highest BCUT2D eigenvalue weighted by Crippen LogP contribution is 2.31. The van der Waals surface area contributed by atoms with Gasteiger partial charge in [-0.05, 0) is 55.0 Å². The molecule has 5 nitrogen and oxygen atoms in total. The van der Waals surface area contributed by atoms with E-state index in [0.717, 1.165) is 0 Å². The summed E-state index contributed by atoms with van der Waals surface area (Å²) in [5.74, 6) is -0.114. The minimum atomic E-state index is -3.74. The molecule has 3 rings (SSSR count). The first-order valence-electron chi connectivity index (χ1n) is 8.93. The van der Waals surface area contributed by atoms with E-state index in [-0.39, 0.29) is 34.8 Å². The predicted octanol–water partition coefficient (Wildman–Crippen LogP) is 4.42. The number of sulfonamides is 1. The molecule has 1 saturated heterocycles. The molecule has 0 radical (unpaired) electrons. The Bertz CT molecular complexity index is 967. The van der Waals surface area contributed by atoms with Gasteiger partial charge in [0.05, 0.1) is 11.6 Å². The molecule has 28 heavy (non-hydrogen) atoms. The Morgan fingerprint density at radius 1 is 1.25 bits per heavy atom. The van der Waals surface area contributed by atoms with E-state index in [1.165, 1.54) is 26.9 Å². The van der Waals surface area contributed by atoms with Gasteiger partial charge in [-0.15, -0.1) is 11.3 Å². The Morgan fingerprint density at radius 3 is 2.54 bits per heavy atom. The minimum Gasteiger partial charge on any atom is -0.340 e. The number of halogens is 2.